The first-order valence-electron chi connectivity index (χ1n) is 13.0. The smallest absolute Gasteiger partial charge is 0.119 e. The molecular formula is C28H46O. The minimum Gasteiger partial charge on any atom is -0.494 e. The van der Waals surface area contributed by atoms with E-state index in [1.165, 1.54) is 102 Å². The maximum atomic E-state index is 6.05. The summed E-state index contributed by atoms with van der Waals surface area (Å²) in [5.41, 5.74) is 1.52. The second-order valence-electron chi connectivity index (χ2n) is 10.3. The minimum absolute atomic E-state index is 0.780. The molecule has 0 bridgehead atoms. The molecule has 2 aliphatic carbocycles. The topological polar surface area (TPSA) is 9.23 Å². The van der Waals surface area contributed by atoms with E-state index in [-0.39, 0.29) is 0 Å². The molecule has 0 spiro atoms. The third-order valence-electron chi connectivity index (χ3n) is 7.83. The number of rotatable bonds is 11. The SMILES string of the molecule is CCCCCCC1CCC(CCCOc2ccc(C3CCC(C)CC3)cc2)CC1. The predicted octanol–water partition coefficient (Wildman–Crippen LogP) is 8.92. The van der Waals surface area contributed by atoms with Gasteiger partial charge in [0.1, 0.15) is 5.75 Å². The van der Waals surface area contributed by atoms with Crippen LogP contribution < -0.4 is 4.74 Å². The van der Waals surface area contributed by atoms with Gasteiger partial charge in [-0.25, -0.2) is 0 Å². The zero-order chi connectivity index (χ0) is 20.3. The van der Waals surface area contributed by atoms with Crippen molar-refractivity contribution in [3.63, 3.8) is 0 Å². The summed E-state index contributed by atoms with van der Waals surface area (Å²) < 4.78 is 6.05. The van der Waals surface area contributed by atoms with Gasteiger partial charge in [0.2, 0.25) is 0 Å². The lowest BCUT2D eigenvalue weighted by Crippen LogP contribution is -2.15. The van der Waals surface area contributed by atoms with E-state index in [1.54, 1.807) is 0 Å². The van der Waals surface area contributed by atoms with Crippen LogP contribution in [-0.4, -0.2) is 6.61 Å². The van der Waals surface area contributed by atoms with Crippen molar-refractivity contribution in [3.05, 3.63) is 29.8 Å². The average molecular weight is 399 g/mol. The molecule has 0 aromatic heterocycles. The summed E-state index contributed by atoms with van der Waals surface area (Å²) in [6.45, 7) is 5.59. The van der Waals surface area contributed by atoms with Crippen LogP contribution in [-0.2, 0) is 0 Å². The van der Waals surface area contributed by atoms with Gasteiger partial charge in [-0.3, -0.25) is 0 Å². The van der Waals surface area contributed by atoms with E-state index >= 15 is 0 Å². The van der Waals surface area contributed by atoms with E-state index in [0.717, 1.165) is 36.0 Å². The molecule has 0 radical (unpaired) electrons. The Morgan fingerprint density at radius 3 is 1.97 bits per heavy atom. The van der Waals surface area contributed by atoms with Crippen LogP contribution in [0.5, 0.6) is 5.75 Å². The average Bonchev–Trinajstić information content (AvgIpc) is 2.76. The van der Waals surface area contributed by atoms with Crippen LogP contribution in [0.2, 0.25) is 0 Å². The second-order valence-corrected chi connectivity index (χ2v) is 10.3. The Kier molecular flexibility index (Phi) is 9.91. The standard InChI is InChI=1S/C28H46O/c1-3-4-5-6-8-24-12-14-25(15-13-24)9-7-22-29-28-20-18-27(19-21-28)26-16-10-23(2)11-17-26/h18-21,23-26H,3-17,22H2,1-2H3. The van der Waals surface area contributed by atoms with Gasteiger partial charge in [0.25, 0.3) is 0 Å². The summed E-state index contributed by atoms with van der Waals surface area (Å²) >= 11 is 0. The molecule has 2 fully saturated rings. The molecule has 2 aliphatic rings. The molecule has 0 N–H and O–H groups in total. The van der Waals surface area contributed by atoms with Crippen LogP contribution in [0.15, 0.2) is 24.3 Å². The predicted molar refractivity (Wildman–Crippen MR) is 126 cm³/mol. The Labute approximate surface area is 181 Å². The molecule has 0 amide bonds. The molecule has 0 unspecified atom stereocenters. The number of benzene rings is 1. The van der Waals surface area contributed by atoms with Crippen molar-refractivity contribution in [1.29, 1.82) is 0 Å². The van der Waals surface area contributed by atoms with E-state index in [2.05, 4.69) is 38.1 Å². The largest absolute Gasteiger partial charge is 0.494 e. The van der Waals surface area contributed by atoms with Crippen molar-refractivity contribution < 1.29 is 4.74 Å². The minimum atomic E-state index is 0.780. The van der Waals surface area contributed by atoms with E-state index in [0.29, 0.717) is 0 Å². The van der Waals surface area contributed by atoms with Crippen molar-refractivity contribution in [2.75, 3.05) is 6.61 Å². The van der Waals surface area contributed by atoms with Crippen molar-refractivity contribution in [1.82, 2.24) is 0 Å². The van der Waals surface area contributed by atoms with Crippen LogP contribution in [0.4, 0.5) is 0 Å². The third kappa shape index (κ3) is 7.99. The van der Waals surface area contributed by atoms with Crippen LogP contribution in [0.1, 0.15) is 122 Å². The normalized spacial score (nSPS) is 27.7. The molecule has 1 heteroatoms. The number of hydrogen-bond donors (Lipinski definition) is 0. The fourth-order valence-electron chi connectivity index (χ4n) is 5.66. The summed E-state index contributed by atoms with van der Waals surface area (Å²) in [5.74, 6) is 4.76. The van der Waals surface area contributed by atoms with Crippen molar-refractivity contribution >= 4 is 0 Å². The van der Waals surface area contributed by atoms with Crippen molar-refractivity contribution in [2.45, 2.75) is 116 Å². The van der Waals surface area contributed by atoms with Gasteiger partial charge in [0, 0.05) is 0 Å². The highest BCUT2D eigenvalue weighted by molar-refractivity contribution is 5.29. The molecule has 1 aromatic rings. The molecular weight excluding hydrogens is 352 g/mol. The maximum Gasteiger partial charge on any atom is 0.119 e. The summed E-state index contributed by atoms with van der Waals surface area (Å²) in [7, 11) is 0. The highest BCUT2D eigenvalue weighted by Gasteiger charge is 2.21. The van der Waals surface area contributed by atoms with Gasteiger partial charge in [0.05, 0.1) is 6.61 Å². The first-order valence-corrected chi connectivity index (χ1v) is 13.0. The monoisotopic (exact) mass is 398 g/mol. The first kappa shape index (κ1) is 22.7. The summed E-state index contributed by atoms with van der Waals surface area (Å²) in [4.78, 5) is 0. The van der Waals surface area contributed by atoms with E-state index in [1.807, 2.05) is 0 Å². The second kappa shape index (κ2) is 12.7. The zero-order valence-corrected chi connectivity index (χ0v) is 19.3. The Bertz CT molecular complexity index is 532. The summed E-state index contributed by atoms with van der Waals surface area (Å²) in [5, 5.41) is 0. The number of ether oxygens (including phenoxy) is 1. The van der Waals surface area contributed by atoms with Gasteiger partial charge in [-0.05, 0) is 67.1 Å². The lowest BCUT2D eigenvalue weighted by Gasteiger charge is -2.28. The van der Waals surface area contributed by atoms with Gasteiger partial charge in [-0.2, -0.15) is 0 Å². The lowest BCUT2D eigenvalue weighted by atomic mass is 9.78. The fourth-order valence-corrected chi connectivity index (χ4v) is 5.66. The van der Waals surface area contributed by atoms with Crippen LogP contribution in [0.3, 0.4) is 0 Å². The molecule has 1 nitrogen and oxygen atoms in total. The van der Waals surface area contributed by atoms with E-state index in [9.17, 15) is 0 Å². The lowest BCUT2D eigenvalue weighted by molar-refractivity contribution is 0.228. The third-order valence-corrected chi connectivity index (χ3v) is 7.83. The molecule has 2 saturated carbocycles. The highest BCUT2D eigenvalue weighted by atomic mass is 16.5. The van der Waals surface area contributed by atoms with Crippen LogP contribution >= 0.6 is 0 Å². The van der Waals surface area contributed by atoms with Gasteiger partial charge in [-0.1, -0.05) is 96.6 Å². The van der Waals surface area contributed by atoms with Gasteiger partial charge in [-0.15, -0.1) is 0 Å². The van der Waals surface area contributed by atoms with E-state index in [4.69, 9.17) is 4.74 Å². The zero-order valence-electron chi connectivity index (χ0n) is 19.3. The molecule has 29 heavy (non-hydrogen) atoms. The Morgan fingerprint density at radius 2 is 1.34 bits per heavy atom. The Morgan fingerprint density at radius 1 is 0.724 bits per heavy atom. The van der Waals surface area contributed by atoms with E-state index < -0.39 is 0 Å². The Hall–Kier alpha value is -0.980. The highest BCUT2D eigenvalue weighted by Crippen LogP contribution is 2.36. The van der Waals surface area contributed by atoms with Gasteiger partial charge in [0.15, 0.2) is 0 Å². The summed E-state index contributed by atoms with van der Waals surface area (Å²) in [6.07, 6.45) is 21.2. The van der Waals surface area contributed by atoms with Gasteiger partial charge >= 0.3 is 0 Å². The Balaban J connectivity index is 1.25. The number of hydrogen-bond acceptors (Lipinski definition) is 1. The van der Waals surface area contributed by atoms with Gasteiger partial charge < -0.3 is 4.74 Å². The molecule has 0 heterocycles. The first-order chi connectivity index (χ1) is 14.2. The molecule has 0 saturated heterocycles. The molecule has 0 atom stereocenters. The van der Waals surface area contributed by atoms with Crippen molar-refractivity contribution in [2.24, 2.45) is 17.8 Å². The fraction of sp³-hybridized carbons (Fsp3) is 0.786. The molecule has 164 valence electrons. The molecule has 0 aliphatic heterocycles. The maximum absolute atomic E-state index is 6.05. The summed E-state index contributed by atoms with van der Waals surface area (Å²) in [6, 6.07) is 9.05. The quantitative estimate of drug-likeness (QED) is 0.338. The molecule has 1 aromatic carbocycles. The van der Waals surface area contributed by atoms with Crippen LogP contribution in [0, 0.1) is 17.8 Å². The van der Waals surface area contributed by atoms with Crippen molar-refractivity contribution in [3.8, 4) is 5.75 Å². The number of unbranched alkanes of at least 4 members (excludes halogenated alkanes) is 3. The molecule has 3 rings (SSSR count). The van der Waals surface area contributed by atoms with Crippen LogP contribution in [0.25, 0.3) is 0 Å².